The Labute approximate surface area is 100 Å². The van der Waals surface area contributed by atoms with Gasteiger partial charge in [0, 0.05) is 25.8 Å². The first-order valence-electron chi connectivity index (χ1n) is 6.08. The van der Waals surface area contributed by atoms with Gasteiger partial charge in [0.25, 0.3) is 0 Å². The molecule has 0 aliphatic carbocycles. The van der Waals surface area contributed by atoms with Gasteiger partial charge in [-0.3, -0.25) is 0 Å². The molecule has 0 aromatic carbocycles. The highest BCUT2D eigenvalue weighted by molar-refractivity contribution is 5.85. The van der Waals surface area contributed by atoms with Gasteiger partial charge in [0.2, 0.25) is 0 Å². The molecule has 1 fully saturated rings. The number of imidazole rings is 1. The number of aryl methyl sites for hydroxylation is 1. The van der Waals surface area contributed by atoms with Crippen molar-refractivity contribution in [1.82, 2.24) is 19.9 Å². The van der Waals surface area contributed by atoms with E-state index >= 15 is 0 Å². The zero-order valence-corrected chi connectivity index (χ0v) is 9.98. The fourth-order valence-electron chi connectivity index (χ4n) is 2.34. The third-order valence-corrected chi connectivity index (χ3v) is 3.32. The minimum atomic E-state index is 0.566. The summed E-state index contributed by atoms with van der Waals surface area (Å²) in [6, 6.07) is 2.55. The van der Waals surface area contributed by atoms with Crippen molar-refractivity contribution in [2.24, 2.45) is 7.05 Å². The molecule has 3 rings (SSSR count). The average Bonchev–Trinajstić information content (AvgIpc) is 2.97. The van der Waals surface area contributed by atoms with Crippen molar-refractivity contribution in [1.29, 1.82) is 0 Å². The number of rotatable bonds is 3. The summed E-state index contributed by atoms with van der Waals surface area (Å²) in [7, 11) is 2.00. The summed E-state index contributed by atoms with van der Waals surface area (Å²) in [5.74, 6) is 0.886. The van der Waals surface area contributed by atoms with Crippen molar-refractivity contribution in [2.75, 3.05) is 18.4 Å². The van der Waals surface area contributed by atoms with E-state index in [1.807, 2.05) is 30.2 Å². The summed E-state index contributed by atoms with van der Waals surface area (Å²) >= 11 is 0. The first-order chi connectivity index (χ1) is 8.34. The van der Waals surface area contributed by atoms with E-state index in [1.54, 1.807) is 0 Å². The molecule has 0 spiro atoms. The number of anilines is 1. The van der Waals surface area contributed by atoms with Gasteiger partial charge in [0.1, 0.15) is 5.52 Å². The predicted molar refractivity (Wildman–Crippen MR) is 68.0 cm³/mol. The zero-order valence-electron chi connectivity index (χ0n) is 9.98. The number of hydrogen-bond donors (Lipinski definition) is 2. The second kappa shape index (κ2) is 4.33. The fourth-order valence-corrected chi connectivity index (χ4v) is 2.34. The molecule has 2 aromatic rings. The molecule has 2 N–H and O–H groups in total. The van der Waals surface area contributed by atoms with Crippen LogP contribution in [0.1, 0.15) is 12.8 Å². The zero-order chi connectivity index (χ0) is 11.7. The molecule has 90 valence electrons. The molecule has 0 saturated carbocycles. The molecular formula is C12H17N5. The van der Waals surface area contributed by atoms with E-state index in [2.05, 4.69) is 20.6 Å². The standard InChI is InChI=1S/C12H17N5/c1-17-8-16-11-10(17)4-6-14-12(11)15-7-9-3-2-5-13-9/h4,6,8-9,13H,2-3,5,7H2,1H3,(H,14,15). The van der Waals surface area contributed by atoms with Gasteiger partial charge in [-0.25, -0.2) is 9.97 Å². The predicted octanol–water partition coefficient (Wildman–Crippen LogP) is 1.13. The maximum Gasteiger partial charge on any atom is 0.154 e. The lowest BCUT2D eigenvalue weighted by Gasteiger charge is -2.12. The summed E-state index contributed by atoms with van der Waals surface area (Å²) in [6.07, 6.45) is 6.17. The normalized spacial score (nSPS) is 19.9. The summed E-state index contributed by atoms with van der Waals surface area (Å²) < 4.78 is 2.01. The number of pyridine rings is 1. The molecule has 1 aliphatic rings. The second-order valence-electron chi connectivity index (χ2n) is 4.56. The Morgan fingerprint density at radius 1 is 1.53 bits per heavy atom. The fraction of sp³-hybridized carbons (Fsp3) is 0.500. The first kappa shape index (κ1) is 10.5. The summed E-state index contributed by atoms with van der Waals surface area (Å²) in [5.41, 5.74) is 2.06. The number of nitrogens with zero attached hydrogens (tertiary/aromatic N) is 3. The van der Waals surface area contributed by atoms with Gasteiger partial charge in [-0.05, 0) is 25.5 Å². The van der Waals surface area contributed by atoms with E-state index in [0.717, 1.165) is 29.9 Å². The molecule has 2 aromatic heterocycles. The number of fused-ring (bicyclic) bond motifs is 1. The molecule has 17 heavy (non-hydrogen) atoms. The highest BCUT2D eigenvalue weighted by Gasteiger charge is 2.14. The van der Waals surface area contributed by atoms with Crippen molar-refractivity contribution >= 4 is 16.9 Å². The van der Waals surface area contributed by atoms with Crippen LogP contribution in [0, 0.1) is 0 Å². The molecule has 5 nitrogen and oxygen atoms in total. The van der Waals surface area contributed by atoms with Gasteiger partial charge in [0.05, 0.1) is 11.8 Å². The molecule has 1 unspecified atom stereocenters. The Kier molecular flexibility index (Phi) is 2.68. The number of aromatic nitrogens is 3. The first-order valence-corrected chi connectivity index (χ1v) is 6.08. The summed E-state index contributed by atoms with van der Waals surface area (Å²) in [6.45, 7) is 2.05. The SMILES string of the molecule is Cn1cnc2c(NCC3CCCN3)nccc21. The highest BCUT2D eigenvalue weighted by atomic mass is 15.1. The van der Waals surface area contributed by atoms with Crippen LogP contribution >= 0.6 is 0 Å². The molecule has 1 atom stereocenters. The smallest absolute Gasteiger partial charge is 0.154 e. The van der Waals surface area contributed by atoms with Crippen LogP contribution in [0.3, 0.4) is 0 Å². The van der Waals surface area contributed by atoms with E-state index in [4.69, 9.17) is 0 Å². The number of hydrogen-bond acceptors (Lipinski definition) is 4. The Morgan fingerprint density at radius 2 is 2.47 bits per heavy atom. The van der Waals surface area contributed by atoms with E-state index < -0.39 is 0 Å². The molecule has 5 heteroatoms. The lowest BCUT2D eigenvalue weighted by atomic mass is 10.2. The van der Waals surface area contributed by atoms with Gasteiger partial charge < -0.3 is 15.2 Å². The summed E-state index contributed by atoms with van der Waals surface area (Å²) in [5, 5.41) is 6.86. The van der Waals surface area contributed by atoms with E-state index in [1.165, 1.54) is 12.8 Å². The summed E-state index contributed by atoms with van der Waals surface area (Å²) in [4.78, 5) is 8.75. The van der Waals surface area contributed by atoms with Crippen molar-refractivity contribution < 1.29 is 0 Å². The van der Waals surface area contributed by atoms with Crippen LogP contribution in [0.2, 0.25) is 0 Å². The molecule has 1 saturated heterocycles. The lowest BCUT2D eigenvalue weighted by molar-refractivity contribution is 0.633. The van der Waals surface area contributed by atoms with Crippen molar-refractivity contribution in [2.45, 2.75) is 18.9 Å². The molecule has 0 radical (unpaired) electrons. The molecule has 0 bridgehead atoms. The topological polar surface area (TPSA) is 54.8 Å². The largest absolute Gasteiger partial charge is 0.367 e. The van der Waals surface area contributed by atoms with Crippen LogP contribution in [-0.4, -0.2) is 33.7 Å². The minimum absolute atomic E-state index is 0.566. The molecule has 3 heterocycles. The van der Waals surface area contributed by atoms with E-state index in [0.29, 0.717) is 6.04 Å². The minimum Gasteiger partial charge on any atom is -0.367 e. The van der Waals surface area contributed by atoms with Gasteiger partial charge in [-0.15, -0.1) is 0 Å². The van der Waals surface area contributed by atoms with Gasteiger partial charge in [-0.1, -0.05) is 0 Å². The third kappa shape index (κ3) is 1.98. The number of nitrogens with one attached hydrogen (secondary N) is 2. The Balaban J connectivity index is 1.79. The van der Waals surface area contributed by atoms with Crippen molar-refractivity contribution in [3.05, 3.63) is 18.6 Å². The maximum atomic E-state index is 4.38. The monoisotopic (exact) mass is 231 g/mol. The average molecular weight is 231 g/mol. The van der Waals surface area contributed by atoms with Crippen LogP contribution in [0.4, 0.5) is 5.82 Å². The van der Waals surface area contributed by atoms with E-state index in [9.17, 15) is 0 Å². The maximum absolute atomic E-state index is 4.38. The Morgan fingerprint density at radius 3 is 3.29 bits per heavy atom. The van der Waals surface area contributed by atoms with Crippen LogP contribution in [0.15, 0.2) is 18.6 Å². The Bertz CT molecular complexity index is 513. The second-order valence-corrected chi connectivity index (χ2v) is 4.56. The van der Waals surface area contributed by atoms with E-state index in [-0.39, 0.29) is 0 Å². The van der Waals surface area contributed by atoms with Crippen molar-refractivity contribution in [3.63, 3.8) is 0 Å². The quantitative estimate of drug-likeness (QED) is 0.831. The lowest BCUT2D eigenvalue weighted by Crippen LogP contribution is -2.29. The van der Waals surface area contributed by atoms with Crippen LogP contribution in [0.25, 0.3) is 11.0 Å². The van der Waals surface area contributed by atoms with Crippen LogP contribution in [0.5, 0.6) is 0 Å². The molecule has 1 aliphatic heterocycles. The third-order valence-electron chi connectivity index (χ3n) is 3.32. The molecule has 0 amide bonds. The molecular weight excluding hydrogens is 214 g/mol. The van der Waals surface area contributed by atoms with Gasteiger partial charge in [-0.2, -0.15) is 0 Å². The van der Waals surface area contributed by atoms with Crippen LogP contribution < -0.4 is 10.6 Å². The van der Waals surface area contributed by atoms with Gasteiger partial charge in [0.15, 0.2) is 5.82 Å². The van der Waals surface area contributed by atoms with Crippen molar-refractivity contribution in [3.8, 4) is 0 Å². The highest BCUT2D eigenvalue weighted by Crippen LogP contribution is 2.18. The van der Waals surface area contributed by atoms with Crippen LogP contribution in [-0.2, 0) is 7.05 Å². The Hall–Kier alpha value is -1.62. The van der Waals surface area contributed by atoms with Gasteiger partial charge >= 0.3 is 0 Å².